The molecule has 1 N–H and O–H groups in total. The Labute approximate surface area is 97.1 Å². The third-order valence-electron chi connectivity index (χ3n) is 2.51. The summed E-state index contributed by atoms with van der Waals surface area (Å²) >= 11 is 0. The second-order valence-corrected chi connectivity index (χ2v) is 3.60. The summed E-state index contributed by atoms with van der Waals surface area (Å²) < 4.78 is 82.0. The zero-order valence-corrected chi connectivity index (χ0v) is 8.81. The first kappa shape index (κ1) is 15.0. The minimum atomic E-state index is -6.24. The van der Waals surface area contributed by atoms with E-state index in [1.165, 1.54) is 0 Å². The van der Waals surface area contributed by atoms with Gasteiger partial charge in [-0.25, -0.2) is 14.1 Å². The highest BCUT2D eigenvalue weighted by Gasteiger charge is 2.78. The van der Waals surface area contributed by atoms with Crippen LogP contribution >= 0.6 is 0 Å². The number of hydrogen-bond donors (Lipinski definition) is 1. The van der Waals surface area contributed by atoms with Crippen molar-refractivity contribution in [3.63, 3.8) is 0 Å². The van der Waals surface area contributed by atoms with Crippen LogP contribution in [0.4, 0.5) is 26.3 Å². The number of morpholine rings is 1. The Morgan fingerprint density at radius 1 is 1.06 bits per heavy atom. The maximum atomic E-state index is 13.5. The standard InChI is InChI=1S/C8H9F6NO3/c9-6(5(16)17,7(10,11)12)8(13,14)15-1-3-18-4-2-15/h1-4H2,(H,16,17). The molecule has 106 valence electrons. The minimum absolute atomic E-state index is 0.182. The van der Waals surface area contributed by atoms with Crippen LogP contribution in [0.3, 0.4) is 0 Å². The molecule has 18 heavy (non-hydrogen) atoms. The van der Waals surface area contributed by atoms with Gasteiger partial charge in [0.25, 0.3) is 0 Å². The molecule has 0 aromatic carbocycles. The van der Waals surface area contributed by atoms with Crippen LogP contribution in [0.15, 0.2) is 0 Å². The maximum Gasteiger partial charge on any atom is 0.441 e. The van der Waals surface area contributed by atoms with E-state index in [-0.39, 0.29) is 18.1 Å². The second kappa shape index (κ2) is 4.57. The van der Waals surface area contributed by atoms with Crippen LogP contribution in [-0.4, -0.2) is 60.2 Å². The molecule has 0 aromatic rings. The van der Waals surface area contributed by atoms with Gasteiger partial charge in [0.05, 0.1) is 13.2 Å². The van der Waals surface area contributed by atoms with Crippen molar-refractivity contribution in [1.82, 2.24) is 4.90 Å². The Morgan fingerprint density at radius 2 is 1.50 bits per heavy atom. The van der Waals surface area contributed by atoms with Crippen molar-refractivity contribution in [3.05, 3.63) is 0 Å². The van der Waals surface area contributed by atoms with E-state index in [4.69, 9.17) is 5.11 Å². The summed E-state index contributed by atoms with van der Waals surface area (Å²) in [6, 6.07) is -5.21. The number of alkyl halides is 6. The van der Waals surface area contributed by atoms with Crippen LogP contribution < -0.4 is 0 Å². The number of halogens is 6. The number of carboxylic acid groups (broad SMARTS) is 1. The molecule has 1 unspecified atom stereocenters. The average Bonchev–Trinajstić information content (AvgIpc) is 2.27. The number of carbonyl (C=O) groups is 1. The normalized spacial score (nSPS) is 22.6. The molecule has 0 saturated carbocycles. The Morgan fingerprint density at radius 3 is 1.83 bits per heavy atom. The molecule has 1 rings (SSSR count). The van der Waals surface area contributed by atoms with E-state index >= 15 is 0 Å². The number of aliphatic carboxylic acids is 1. The van der Waals surface area contributed by atoms with Crippen molar-refractivity contribution in [2.45, 2.75) is 17.9 Å². The van der Waals surface area contributed by atoms with E-state index in [2.05, 4.69) is 4.74 Å². The molecule has 1 heterocycles. The lowest BCUT2D eigenvalue weighted by atomic mass is 10.0. The van der Waals surface area contributed by atoms with E-state index in [1.807, 2.05) is 0 Å². The first-order chi connectivity index (χ1) is 8.05. The van der Waals surface area contributed by atoms with Gasteiger partial charge in [-0.2, -0.15) is 22.0 Å². The van der Waals surface area contributed by atoms with Crippen molar-refractivity contribution < 1.29 is 41.0 Å². The van der Waals surface area contributed by atoms with E-state index in [0.717, 1.165) is 0 Å². The Balaban J connectivity index is 3.15. The summed E-state index contributed by atoms with van der Waals surface area (Å²) in [5.74, 6) is -3.27. The summed E-state index contributed by atoms with van der Waals surface area (Å²) in [7, 11) is 0. The van der Waals surface area contributed by atoms with Gasteiger partial charge in [-0.05, 0) is 0 Å². The minimum Gasteiger partial charge on any atom is -0.478 e. The van der Waals surface area contributed by atoms with Crippen LogP contribution in [0.5, 0.6) is 0 Å². The lowest BCUT2D eigenvalue weighted by molar-refractivity contribution is -0.336. The highest BCUT2D eigenvalue weighted by atomic mass is 19.4. The Bertz CT molecular complexity index is 327. The van der Waals surface area contributed by atoms with E-state index < -0.39 is 37.0 Å². The van der Waals surface area contributed by atoms with Gasteiger partial charge in [0.15, 0.2) is 0 Å². The molecule has 0 aliphatic carbocycles. The van der Waals surface area contributed by atoms with Gasteiger partial charge in [0, 0.05) is 13.1 Å². The van der Waals surface area contributed by atoms with Crippen LogP contribution in [0, 0.1) is 0 Å². The van der Waals surface area contributed by atoms with Gasteiger partial charge < -0.3 is 9.84 Å². The van der Waals surface area contributed by atoms with Gasteiger partial charge in [-0.3, -0.25) is 0 Å². The molecule has 0 spiro atoms. The third kappa shape index (κ3) is 2.14. The topological polar surface area (TPSA) is 49.8 Å². The number of nitrogens with zero attached hydrogens (tertiary/aromatic N) is 1. The van der Waals surface area contributed by atoms with Gasteiger partial charge in [0.2, 0.25) is 0 Å². The summed E-state index contributed by atoms with van der Waals surface area (Å²) in [5, 5.41) is 8.20. The number of carboxylic acids is 1. The molecule has 1 atom stereocenters. The van der Waals surface area contributed by atoms with Crippen molar-refractivity contribution >= 4 is 5.97 Å². The van der Waals surface area contributed by atoms with E-state index in [9.17, 15) is 31.1 Å². The van der Waals surface area contributed by atoms with Gasteiger partial charge in [-0.15, -0.1) is 0 Å². The second-order valence-electron chi connectivity index (χ2n) is 3.60. The molecular weight excluding hydrogens is 272 g/mol. The maximum absolute atomic E-state index is 13.5. The van der Waals surface area contributed by atoms with Crippen LogP contribution in [0.25, 0.3) is 0 Å². The number of ether oxygens (including phenoxy) is 1. The smallest absolute Gasteiger partial charge is 0.441 e. The quantitative estimate of drug-likeness (QED) is 0.625. The molecule has 1 fully saturated rings. The van der Waals surface area contributed by atoms with Crippen molar-refractivity contribution in [1.29, 1.82) is 0 Å². The zero-order valence-electron chi connectivity index (χ0n) is 8.81. The number of rotatable bonds is 3. The largest absolute Gasteiger partial charge is 0.478 e. The number of hydrogen-bond acceptors (Lipinski definition) is 3. The fourth-order valence-electron chi connectivity index (χ4n) is 1.48. The highest BCUT2D eigenvalue weighted by molar-refractivity contribution is 5.80. The lowest BCUT2D eigenvalue weighted by Gasteiger charge is -2.40. The van der Waals surface area contributed by atoms with Crippen LogP contribution in [0.1, 0.15) is 0 Å². The van der Waals surface area contributed by atoms with Gasteiger partial charge in [0.1, 0.15) is 0 Å². The molecule has 0 bridgehead atoms. The van der Waals surface area contributed by atoms with Crippen LogP contribution in [0.2, 0.25) is 0 Å². The SMILES string of the molecule is O=C(O)C(F)(C(F)(F)F)C(F)(F)N1CCOCC1. The predicted octanol–water partition coefficient (Wildman–Crippen LogP) is 1.27. The Hall–Kier alpha value is -1.03. The van der Waals surface area contributed by atoms with E-state index in [1.54, 1.807) is 0 Å². The molecule has 1 aliphatic rings. The first-order valence-electron chi connectivity index (χ1n) is 4.75. The molecule has 0 radical (unpaired) electrons. The summed E-state index contributed by atoms with van der Waals surface area (Å²) in [6.07, 6.45) is -6.24. The molecule has 1 saturated heterocycles. The zero-order chi connectivity index (χ0) is 14.2. The van der Waals surface area contributed by atoms with Gasteiger partial charge in [-0.1, -0.05) is 0 Å². The molecule has 10 heteroatoms. The summed E-state index contributed by atoms with van der Waals surface area (Å²) in [4.78, 5) is 10.1. The predicted molar refractivity (Wildman–Crippen MR) is 44.9 cm³/mol. The van der Waals surface area contributed by atoms with Crippen molar-refractivity contribution in [3.8, 4) is 0 Å². The van der Waals surface area contributed by atoms with Crippen LogP contribution in [-0.2, 0) is 9.53 Å². The lowest BCUT2D eigenvalue weighted by Crippen LogP contribution is -2.68. The first-order valence-corrected chi connectivity index (χ1v) is 4.75. The van der Waals surface area contributed by atoms with Gasteiger partial charge >= 0.3 is 23.9 Å². The molecule has 0 amide bonds. The highest BCUT2D eigenvalue weighted by Crippen LogP contribution is 2.47. The van der Waals surface area contributed by atoms with Crippen molar-refractivity contribution in [2.75, 3.05) is 26.3 Å². The summed E-state index contributed by atoms with van der Waals surface area (Å²) in [6.45, 7) is -2.05. The average molecular weight is 281 g/mol. The summed E-state index contributed by atoms with van der Waals surface area (Å²) in [5.41, 5.74) is -5.66. The van der Waals surface area contributed by atoms with E-state index in [0.29, 0.717) is 0 Å². The Kier molecular flexibility index (Phi) is 3.82. The third-order valence-corrected chi connectivity index (χ3v) is 2.51. The van der Waals surface area contributed by atoms with Crippen molar-refractivity contribution in [2.24, 2.45) is 0 Å². The fraction of sp³-hybridized carbons (Fsp3) is 0.875. The monoisotopic (exact) mass is 281 g/mol. The molecular formula is C8H9F6NO3. The molecule has 4 nitrogen and oxygen atoms in total. The molecule has 0 aromatic heterocycles. The molecule has 1 aliphatic heterocycles. The fourth-order valence-corrected chi connectivity index (χ4v) is 1.48.